The lowest BCUT2D eigenvalue weighted by Gasteiger charge is -2.08. The Kier molecular flexibility index (Phi) is 7.82. The predicted molar refractivity (Wildman–Crippen MR) is 85.5 cm³/mol. The molecule has 0 radical (unpaired) electrons. The van der Waals surface area contributed by atoms with Crippen LogP contribution in [0.5, 0.6) is 5.75 Å². The Morgan fingerprint density at radius 3 is 2.62 bits per heavy atom. The summed E-state index contributed by atoms with van der Waals surface area (Å²) in [6, 6.07) is 7.52. The van der Waals surface area contributed by atoms with Gasteiger partial charge in [0.15, 0.2) is 0 Å². The molecule has 0 aliphatic carbocycles. The van der Waals surface area contributed by atoms with E-state index >= 15 is 0 Å². The largest absolute Gasteiger partial charge is 0.489 e. The molecule has 3 N–H and O–H groups in total. The molecule has 1 aliphatic rings. The van der Waals surface area contributed by atoms with Crippen LogP contribution in [0.3, 0.4) is 0 Å². The minimum Gasteiger partial charge on any atom is -0.489 e. The Balaban J connectivity index is 0.000000677. The number of amidine groups is 1. The highest BCUT2D eigenvalue weighted by molar-refractivity contribution is 5.99. The first-order valence-corrected chi connectivity index (χ1v) is 6.82. The first kappa shape index (κ1) is 16.9. The van der Waals surface area contributed by atoms with Crippen molar-refractivity contribution in [1.29, 1.82) is 0 Å². The zero-order valence-corrected chi connectivity index (χ0v) is 12.3. The molecule has 0 bridgehead atoms. The monoisotopic (exact) mass is 291 g/mol. The second-order valence-corrected chi connectivity index (χ2v) is 4.35. The molecule has 5 heteroatoms. The molecule has 0 atom stereocenters. The second kappa shape index (κ2) is 9.72. The van der Waals surface area contributed by atoms with Gasteiger partial charge in [-0.15, -0.1) is 6.58 Å². The van der Waals surface area contributed by atoms with E-state index in [1.807, 2.05) is 31.2 Å². The third kappa shape index (κ3) is 5.79. The summed E-state index contributed by atoms with van der Waals surface area (Å²) in [5, 5.41) is 3.19. The molecular weight excluding hydrogens is 269 g/mol. The quantitative estimate of drug-likeness (QED) is 0.819. The number of halogens is 1. The summed E-state index contributed by atoms with van der Waals surface area (Å²) in [6.07, 6.45) is 2.24. The van der Waals surface area contributed by atoms with Crippen molar-refractivity contribution in [3.8, 4) is 5.75 Å². The molecule has 1 heterocycles. The van der Waals surface area contributed by atoms with Crippen LogP contribution < -0.4 is 15.8 Å². The first-order valence-electron chi connectivity index (χ1n) is 6.82. The van der Waals surface area contributed by atoms with Gasteiger partial charge >= 0.3 is 0 Å². The zero-order chi connectivity index (χ0) is 15.5. The van der Waals surface area contributed by atoms with Gasteiger partial charge in [-0.05, 0) is 31.2 Å². The standard InChI is InChI=1S/C13H16FN3O.C3H6/c14-7-10(8-15)9-18-12-3-1-11(2-4-12)13-16-5-6-17-13;1-3-2/h1-4,7H,5-6,8-9,15H2,(H,16,17);3H,1H2,2H3/b10-7+;. The predicted octanol–water partition coefficient (Wildman–Crippen LogP) is 2.42. The van der Waals surface area contributed by atoms with E-state index in [4.69, 9.17) is 10.5 Å². The van der Waals surface area contributed by atoms with Crippen LogP contribution >= 0.6 is 0 Å². The number of allylic oxidation sites excluding steroid dienone is 1. The second-order valence-electron chi connectivity index (χ2n) is 4.35. The summed E-state index contributed by atoms with van der Waals surface area (Å²) in [7, 11) is 0. The Morgan fingerprint density at radius 2 is 2.14 bits per heavy atom. The normalized spacial score (nSPS) is 13.7. The number of hydrogen-bond donors (Lipinski definition) is 2. The van der Waals surface area contributed by atoms with Gasteiger partial charge in [0.05, 0.1) is 12.9 Å². The van der Waals surface area contributed by atoms with Crippen molar-refractivity contribution in [3.63, 3.8) is 0 Å². The van der Waals surface area contributed by atoms with Crippen molar-refractivity contribution >= 4 is 5.84 Å². The fourth-order valence-corrected chi connectivity index (χ4v) is 1.61. The van der Waals surface area contributed by atoms with Gasteiger partial charge < -0.3 is 15.8 Å². The number of nitrogens with one attached hydrogen (secondary N) is 1. The Morgan fingerprint density at radius 1 is 1.48 bits per heavy atom. The van der Waals surface area contributed by atoms with E-state index in [0.29, 0.717) is 17.7 Å². The molecule has 0 saturated carbocycles. The smallest absolute Gasteiger partial charge is 0.128 e. The number of ether oxygens (including phenoxy) is 1. The van der Waals surface area contributed by atoms with Crippen molar-refractivity contribution in [1.82, 2.24) is 5.32 Å². The van der Waals surface area contributed by atoms with Crippen LogP contribution in [0.4, 0.5) is 4.39 Å². The molecule has 0 spiro atoms. The van der Waals surface area contributed by atoms with Crippen molar-refractivity contribution in [2.24, 2.45) is 10.7 Å². The fraction of sp³-hybridized carbons (Fsp3) is 0.312. The molecule has 0 aromatic heterocycles. The van der Waals surface area contributed by atoms with E-state index in [-0.39, 0.29) is 13.2 Å². The maximum Gasteiger partial charge on any atom is 0.128 e. The molecular formula is C16H22FN3O. The van der Waals surface area contributed by atoms with Crippen molar-refractivity contribution < 1.29 is 9.13 Å². The van der Waals surface area contributed by atoms with Crippen LogP contribution in [0, 0.1) is 0 Å². The third-order valence-corrected chi connectivity index (χ3v) is 2.64. The van der Waals surface area contributed by atoms with Gasteiger partial charge in [0, 0.05) is 24.2 Å². The van der Waals surface area contributed by atoms with Gasteiger partial charge in [-0.2, -0.15) is 0 Å². The van der Waals surface area contributed by atoms with E-state index in [1.165, 1.54) is 0 Å². The zero-order valence-electron chi connectivity index (χ0n) is 12.3. The third-order valence-electron chi connectivity index (χ3n) is 2.64. The molecule has 0 saturated heterocycles. The number of nitrogens with two attached hydrogens (primary N) is 1. The average molecular weight is 291 g/mol. The van der Waals surface area contributed by atoms with Crippen molar-refractivity contribution in [2.45, 2.75) is 6.92 Å². The first-order chi connectivity index (χ1) is 10.2. The number of rotatable bonds is 5. The molecule has 114 valence electrons. The topological polar surface area (TPSA) is 59.6 Å². The Bertz CT molecular complexity index is 495. The highest BCUT2D eigenvalue weighted by atomic mass is 19.1. The maximum absolute atomic E-state index is 12.3. The van der Waals surface area contributed by atoms with Gasteiger partial charge in [-0.1, -0.05) is 6.08 Å². The van der Waals surface area contributed by atoms with Gasteiger partial charge in [-0.25, -0.2) is 4.39 Å². The number of nitrogens with zero attached hydrogens (tertiary/aromatic N) is 1. The lowest BCUT2D eigenvalue weighted by Crippen LogP contribution is -2.19. The summed E-state index contributed by atoms with van der Waals surface area (Å²) in [4.78, 5) is 4.33. The molecule has 4 nitrogen and oxygen atoms in total. The molecule has 0 amide bonds. The lowest BCUT2D eigenvalue weighted by molar-refractivity contribution is 0.347. The van der Waals surface area contributed by atoms with Gasteiger partial charge in [0.2, 0.25) is 0 Å². The number of aliphatic imine (C=N–C) groups is 1. The molecule has 1 aliphatic heterocycles. The van der Waals surface area contributed by atoms with Crippen LogP contribution in [0.15, 0.2) is 53.8 Å². The van der Waals surface area contributed by atoms with Crippen molar-refractivity contribution in [2.75, 3.05) is 26.2 Å². The molecule has 2 rings (SSSR count). The molecule has 1 aromatic carbocycles. The maximum atomic E-state index is 12.3. The molecule has 1 aromatic rings. The van der Waals surface area contributed by atoms with E-state index in [2.05, 4.69) is 16.9 Å². The minimum absolute atomic E-state index is 0.162. The molecule has 0 fully saturated rings. The van der Waals surface area contributed by atoms with E-state index in [1.54, 1.807) is 6.08 Å². The Hall–Kier alpha value is -2.14. The lowest BCUT2D eigenvalue weighted by atomic mass is 10.2. The SMILES string of the molecule is C=CC.NC/C(=C\F)COc1ccc(C2=NCCN2)cc1. The minimum atomic E-state index is 0.162. The summed E-state index contributed by atoms with van der Waals surface area (Å²) in [5.74, 6) is 1.60. The summed E-state index contributed by atoms with van der Waals surface area (Å²) < 4.78 is 17.7. The summed E-state index contributed by atoms with van der Waals surface area (Å²) in [6.45, 7) is 7.28. The average Bonchev–Trinajstić information content (AvgIpc) is 3.04. The van der Waals surface area contributed by atoms with Crippen LogP contribution in [-0.4, -0.2) is 32.1 Å². The number of hydrogen-bond acceptors (Lipinski definition) is 4. The highest BCUT2D eigenvalue weighted by Gasteiger charge is 2.07. The molecule has 0 unspecified atom stereocenters. The van der Waals surface area contributed by atoms with E-state index in [9.17, 15) is 4.39 Å². The summed E-state index contributed by atoms with van der Waals surface area (Å²) in [5.41, 5.74) is 6.80. The molecule has 21 heavy (non-hydrogen) atoms. The van der Waals surface area contributed by atoms with Crippen LogP contribution in [0.25, 0.3) is 0 Å². The van der Waals surface area contributed by atoms with E-state index < -0.39 is 0 Å². The van der Waals surface area contributed by atoms with Crippen LogP contribution in [-0.2, 0) is 0 Å². The van der Waals surface area contributed by atoms with Gasteiger partial charge in [0.1, 0.15) is 18.2 Å². The van der Waals surface area contributed by atoms with Crippen molar-refractivity contribution in [3.05, 3.63) is 54.4 Å². The van der Waals surface area contributed by atoms with E-state index in [0.717, 1.165) is 24.5 Å². The van der Waals surface area contributed by atoms with Crippen LogP contribution in [0.2, 0.25) is 0 Å². The van der Waals surface area contributed by atoms with Gasteiger partial charge in [0.25, 0.3) is 0 Å². The van der Waals surface area contributed by atoms with Crippen LogP contribution in [0.1, 0.15) is 12.5 Å². The highest BCUT2D eigenvalue weighted by Crippen LogP contribution is 2.14. The summed E-state index contributed by atoms with van der Waals surface area (Å²) >= 11 is 0. The fourth-order valence-electron chi connectivity index (χ4n) is 1.61. The Labute approximate surface area is 125 Å². The van der Waals surface area contributed by atoms with Gasteiger partial charge in [-0.3, -0.25) is 4.99 Å². The number of benzene rings is 1.